The molecule has 1 aliphatic rings. The molecule has 144 valence electrons. The molecular weight excluding hydrogens is 394 g/mol. The zero-order chi connectivity index (χ0) is 19.6. The van der Waals surface area contributed by atoms with E-state index in [1.165, 1.54) is 27.8 Å². The molecule has 0 fully saturated rings. The highest BCUT2D eigenvalue weighted by Gasteiger charge is 2.30. The number of hydrogen-bond donors (Lipinski definition) is 1. The third kappa shape index (κ3) is 3.65. The first-order valence-electron chi connectivity index (χ1n) is 8.92. The summed E-state index contributed by atoms with van der Waals surface area (Å²) in [5.74, 6) is -0.297. The second-order valence-corrected chi connectivity index (χ2v) is 9.05. The van der Waals surface area contributed by atoms with Crippen LogP contribution < -0.4 is 9.62 Å². The number of rotatable bonds is 6. The Morgan fingerprint density at radius 3 is 2.86 bits per heavy atom. The zero-order valence-corrected chi connectivity index (χ0v) is 16.7. The SMILES string of the molecule is O=C(NCCc1cscn1)c1cccc(S(=O)(=O)N2CCc3ccccc32)c1. The van der Waals surface area contributed by atoms with Gasteiger partial charge in [0.25, 0.3) is 15.9 Å². The lowest BCUT2D eigenvalue weighted by molar-refractivity contribution is 0.0954. The Kier molecular flexibility index (Phi) is 5.15. The van der Waals surface area contributed by atoms with E-state index in [9.17, 15) is 13.2 Å². The van der Waals surface area contributed by atoms with Gasteiger partial charge < -0.3 is 5.32 Å². The molecule has 1 aliphatic heterocycles. The maximum atomic E-state index is 13.1. The monoisotopic (exact) mass is 413 g/mol. The van der Waals surface area contributed by atoms with E-state index in [2.05, 4.69) is 10.3 Å². The number of para-hydroxylation sites is 1. The Balaban J connectivity index is 1.51. The smallest absolute Gasteiger partial charge is 0.264 e. The molecular formula is C20H19N3O3S2. The van der Waals surface area contributed by atoms with Gasteiger partial charge in [0, 0.05) is 30.5 Å². The second-order valence-electron chi connectivity index (χ2n) is 6.47. The van der Waals surface area contributed by atoms with Crippen LogP contribution in [0.25, 0.3) is 0 Å². The van der Waals surface area contributed by atoms with E-state index in [1.807, 2.05) is 29.6 Å². The van der Waals surface area contributed by atoms with E-state index in [0.717, 1.165) is 11.3 Å². The van der Waals surface area contributed by atoms with Crippen LogP contribution in [0, 0.1) is 0 Å². The highest BCUT2D eigenvalue weighted by Crippen LogP contribution is 2.32. The van der Waals surface area contributed by atoms with Gasteiger partial charge in [0.15, 0.2) is 0 Å². The number of nitrogens with one attached hydrogen (secondary N) is 1. The fraction of sp³-hybridized carbons (Fsp3) is 0.200. The molecule has 6 nitrogen and oxygen atoms in total. The van der Waals surface area contributed by atoms with Crippen molar-refractivity contribution >= 4 is 33.0 Å². The van der Waals surface area contributed by atoms with Crippen molar-refractivity contribution in [1.29, 1.82) is 0 Å². The second kappa shape index (κ2) is 7.73. The number of carbonyl (C=O) groups excluding carboxylic acids is 1. The van der Waals surface area contributed by atoms with Crippen molar-refractivity contribution in [2.75, 3.05) is 17.4 Å². The first-order chi connectivity index (χ1) is 13.6. The largest absolute Gasteiger partial charge is 0.352 e. The van der Waals surface area contributed by atoms with Gasteiger partial charge in [-0.25, -0.2) is 13.4 Å². The van der Waals surface area contributed by atoms with Crippen LogP contribution in [-0.4, -0.2) is 32.4 Å². The summed E-state index contributed by atoms with van der Waals surface area (Å²) in [5, 5.41) is 4.76. The molecule has 0 spiro atoms. The minimum atomic E-state index is -3.72. The Labute approximate surface area is 167 Å². The summed E-state index contributed by atoms with van der Waals surface area (Å²) in [5.41, 5.74) is 4.73. The summed E-state index contributed by atoms with van der Waals surface area (Å²) in [6.07, 6.45) is 1.32. The van der Waals surface area contributed by atoms with Gasteiger partial charge >= 0.3 is 0 Å². The van der Waals surface area contributed by atoms with Gasteiger partial charge in [-0.05, 0) is 36.2 Å². The average Bonchev–Trinajstić information content (AvgIpc) is 3.38. The Hall–Kier alpha value is -2.71. The Bertz CT molecular complexity index is 1100. The average molecular weight is 414 g/mol. The third-order valence-corrected chi connectivity index (χ3v) is 7.12. The summed E-state index contributed by atoms with van der Waals surface area (Å²) in [7, 11) is -3.72. The predicted molar refractivity (Wildman–Crippen MR) is 109 cm³/mol. The van der Waals surface area contributed by atoms with Crippen LogP contribution in [0.4, 0.5) is 5.69 Å². The molecule has 8 heteroatoms. The molecule has 0 radical (unpaired) electrons. The van der Waals surface area contributed by atoms with Gasteiger partial charge in [0.05, 0.1) is 21.8 Å². The molecule has 0 atom stereocenters. The molecule has 1 amide bonds. The summed E-state index contributed by atoms with van der Waals surface area (Å²) in [6, 6.07) is 13.7. The van der Waals surface area contributed by atoms with Crippen molar-refractivity contribution in [1.82, 2.24) is 10.3 Å². The van der Waals surface area contributed by atoms with Crippen LogP contribution in [0.5, 0.6) is 0 Å². The van der Waals surface area contributed by atoms with E-state index in [-0.39, 0.29) is 10.8 Å². The van der Waals surface area contributed by atoms with Crippen molar-refractivity contribution in [2.24, 2.45) is 0 Å². The minimum Gasteiger partial charge on any atom is -0.352 e. The number of fused-ring (bicyclic) bond motifs is 1. The number of benzene rings is 2. The van der Waals surface area contributed by atoms with Crippen LogP contribution in [0.2, 0.25) is 0 Å². The van der Waals surface area contributed by atoms with Gasteiger partial charge in [-0.15, -0.1) is 11.3 Å². The Morgan fingerprint density at radius 1 is 1.18 bits per heavy atom. The zero-order valence-electron chi connectivity index (χ0n) is 15.0. The number of aromatic nitrogens is 1. The molecule has 2 heterocycles. The molecule has 0 bridgehead atoms. The molecule has 2 aromatic carbocycles. The highest BCUT2D eigenvalue weighted by molar-refractivity contribution is 7.92. The van der Waals surface area contributed by atoms with Crippen LogP contribution in [-0.2, 0) is 22.9 Å². The van der Waals surface area contributed by atoms with Crippen molar-refractivity contribution in [3.63, 3.8) is 0 Å². The lowest BCUT2D eigenvalue weighted by atomic mass is 10.2. The van der Waals surface area contributed by atoms with Crippen molar-refractivity contribution in [3.8, 4) is 0 Å². The summed E-state index contributed by atoms with van der Waals surface area (Å²) < 4.78 is 27.7. The molecule has 1 N–H and O–H groups in total. The number of carbonyl (C=O) groups is 1. The van der Waals surface area contributed by atoms with Crippen LogP contribution in [0.15, 0.2) is 64.3 Å². The molecule has 4 rings (SSSR count). The summed E-state index contributed by atoms with van der Waals surface area (Å²) >= 11 is 1.51. The number of sulfonamides is 1. The van der Waals surface area contributed by atoms with Gasteiger partial charge in [-0.1, -0.05) is 24.3 Å². The lowest BCUT2D eigenvalue weighted by Gasteiger charge is -2.20. The normalized spacial score (nSPS) is 13.4. The number of thiazole rings is 1. The van der Waals surface area contributed by atoms with Crippen molar-refractivity contribution < 1.29 is 13.2 Å². The van der Waals surface area contributed by atoms with Gasteiger partial charge in [-0.2, -0.15) is 0 Å². The van der Waals surface area contributed by atoms with Gasteiger partial charge in [0.2, 0.25) is 0 Å². The quantitative estimate of drug-likeness (QED) is 0.674. The molecule has 1 aromatic heterocycles. The van der Waals surface area contributed by atoms with Crippen molar-refractivity contribution in [2.45, 2.75) is 17.7 Å². The summed E-state index contributed by atoms with van der Waals surface area (Å²) in [6.45, 7) is 0.852. The first-order valence-corrected chi connectivity index (χ1v) is 11.3. The molecule has 3 aromatic rings. The molecule has 0 aliphatic carbocycles. The highest BCUT2D eigenvalue weighted by atomic mass is 32.2. The van der Waals surface area contributed by atoms with E-state index in [1.54, 1.807) is 17.6 Å². The maximum absolute atomic E-state index is 13.1. The van der Waals surface area contributed by atoms with E-state index in [4.69, 9.17) is 0 Å². The number of hydrogen-bond acceptors (Lipinski definition) is 5. The van der Waals surface area contributed by atoms with Crippen LogP contribution in [0.1, 0.15) is 21.6 Å². The summed E-state index contributed by atoms with van der Waals surface area (Å²) in [4.78, 5) is 16.7. The third-order valence-electron chi connectivity index (χ3n) is 4.68. The Morgan fingerprint density at radius 2 is 2.04 bits per heavy atom. The topological polar surface area (TPSA) is 79.4 Å². The van der Waals surface area contributed by atoms with Crippen LogP contribution >= 0.6 is 11.3 Å². The first kappa shape index (κ1) is 18.6. The van der Waals surface area contributed by atoms with E-state index >= 15 is 0 Å². The number of amides is 1. The van der Waals surface area contributed by atoms with Gasteiger partial charge in [0.1, 0.15) is 0 Å². The van der Waals surface area contributed by atoms with Crippen molar-refractivity contribution in [3.05, 3.63) is 76.2 Å². The predicted octanol–water partition coefficient (Wildman–Crippen LogP) is 2.87. The number of nitrogens with zero attached hydrogens (tertiary/aromatic N) is 2. The minimum absolute atomic E-state index is 0.122. The molecule has 0 unspecified atom stereocenters. The van der Waals surface area contributed by atoms with Crippen LogP contribution in [0.3, 0.4) is 0 Å². The molecule has 0 saturated carbocycles. The fourth-order valence-corrected chi connectivity index (χ4v) is 5.39. The standard InChI is InChI=1S/C20H19N3O3S2/c24-20(21-10-8-17-13-27-14-22-17)16-5-3-6-18(12-16)28(25,26)23-11-9-15-4-1-2-7-19(15)23/h1-7,12-14H,8-11H2,(H,21,24). The molecule has 0 saturated heterocycles. The maximum Gasteiger partial charge on any atom is 0.264 e. The van der Waals surface area contributed by atoms with E-state index < -0.39 is 10.0 Å². The fourth-order valence-electron chi connectivity index (χ4n) is 3.25. The lowest BCUT2D eigenvalue weighted by Crippen LogP contribution is -2.30. The van der Waals surface area contributed by atoms with E-state index in [0.29, 0.717) is 37.2 Å². The van der Waals surface area contributed by atoms with Gasteiger partial charge in [-0.3, -0.25) is 9.10 Å². The number of anilines is 1. The molecule has 28 heavy (non-hydrogen) atoms.